The summed E-state index contributed by atoms with van der Waals surface area (Å²) in [6.45, 7) is 2.27. The van der Waals surface area contributed by atoms with E-state index in [4.69, 9.17) is 0 Å². The Bertz CT molecular complexity index is 82.3. The van der Waals surface area contributed by atoms with Crippen molar-refractivity contribution in [2.24, 2.45) is 0 Å². The van der Waals surface area contributed by atoms with Crippen LogP contribution in [0.1, 0.15) is 58.3 Å². The zero-order chi connectivity index (χ0) is 10.5. The van der Waals surface area contributed by atoms with Gasteiger partial charge in [-0.2, -0.15) is 24.4 Å². The molecule has 0 aliphatic carbocycles. The summed E-state index contributed by atoms with van der Waals surface area (Å²) in [5.41, 5.74) is 0. The fourth-order valence-electron chi connectivity index (χ4n) is 1.40. The van der Waals surface area contributed by atoms with Gasteiger partial charge < -0.3 is 0 Å². The van der Waals surface area contributed by atoms with Crippen LogP contribution in [-0.2, 0) is 0 Å². The Morgan fingerprint density at radius 2 is 1.36 bits per heavy atom. The maximum atomic E-state index is 4.21. The van der Waals surface area contributed by atoms with Gasteiger partial charge in [-0.1, -0.05) is 39.0 Å². The fraction of sp³-hybridized carbons (Fsp3) is 1.00. The molecule has 0 heterocycles. The highest BCUT2D eigenvalue weighted by molar-refractivity contribution is 7.99. The summed E-state index contributed by atoms with van der Waals surface area (Å²) in [6.07, 6.45) is 11.1. The van der Waals surface area contributed by atoms with Crippen molar-refractivity contribution >= 4 is 24.4 Å². The molecule has 0 unspecified atom stereocenters. The minimum Gasteiger partial charge on any atom is -0.179 e. The van der Waals surface area contributed by atoms with Crippen molar-refractivity contribution in [3.8, 4) is 0 Å². The molecule has 0 aliphatic heterocycles. The summed E-state index contributed by atoms with van der Waals surface area (Å²) < 4.78 is 0. The lowest BCUT2D eigenvalue weighted by Gasteiger charge is -2.01. The molecule has 86 valence electrons. The van der Waals surface area contributed by atoms with Crippen LogP contribution in [0.5, 0.6) is 0 Å². The first-order chi connectivity index (χ1) is 6.91. The van der Waals surface area contributed by atoms with E-state index in [0.29, 0.717) is 0 Å². The lowest BCUT2D eigenvalue weighted by atomic mass is 10.2. The van der Waals surface area contributed by atoms with Gasteiger partial charge >= 0.3 is 0 Å². The highest BCUT2D eigenvalue weighted by atomic mass is 32.2. The smallest absolute Gasteiger partial charge is 0.00675 e. The third-order valence-corrected chi connectivity index (χ3v) is 3.81. The van der Waals surface area contributed by atoms with Crippen molar-refractivity contribution in [3.63, 3.8) is 0 Å². The third kappa shape index (κ3) is 12.7. The molecule has 14 heavy (non-hydrogen) atoms. The van der Waals surface area contributed by atoms with E-state index in [9.17, 15) is 0 Å². The van der Waals surface area contributed by atoms with Gasteiger partial charge in [-0.3, -0.25) is 0 Å². The molecule has 0 saturated heterocycles. The first-order valence-corrected chi connectivity index (χ1v) is 7.89. The Balaban J connectivity index is 2.78. The molecular weight excluding hydrogens is 208 g/mol. The lowest BCUT2D eigenvalue weighted by Crippen LogP contribution is -1.86. The van der Waals surface area contributed by atoms with Crippen LogP contribution in [-0.4, -0.2) is 17.3 Å². The van der Waals surface area contributed by atoms with Crippen molar-refractivity contribution in [2.45, 2.75) is 58.3 Å². The lowest BCUT2D eigenvalue weighted by molar-refractivity contribution is 0.702. The van der Waals surface area contributed by atoms with Crippen LogP contribution in [0.2, 0.25) is 0 Å². The van der Waals surface area contributed by atoms with Gasteiger partial charge in [0.2, 0.25) is 0 Å². The van der Waals surface area contributed by atoms with Crippen molar-refractivity contribution in [1.29, 1.82) is 0 Å². The molecule has 0 radical (unpaired) electrons. The molecule has 0 aromatic rings. The molecule has 0 bridgehead atoms. The monoisotopic (exact) mass is 234 g/mol. The molecule has 0 atom stereocenters. The van der Waals surface area contributed by atoms with E-state index in [0.717, 1.165) is 5.75 Å². The predicted octanol–water partition coefficient (Wildman–Crippen LogP) is 4.79. The Labute approximate surface area is 100 Å². The normalized spacial score (nSPS) is 10.7. The summed E-state index contributed by atoms with van der Waals surface area (Å²) in [5, 5.41) is 0. The second-order valence-corrected chi connectivity index (χ2v) is 5.48. The molecule has 0 amide bonds. The molecule has 0 rings (SSSR count). The van der Waals surface area contributed by atoms with Crippen molar-refractivity contribution in [2.75, 3.05) is 17.3 Å². The van der Waals surface area contributed by atoms with Gasteiger partial charge in [0.1, 0.15) is 0 Å². The van der Waals surface area contributed by atoms with E-state index >= 15 is 0 Å². The molecule has 0 spiro atoms. The van der Waals surface area contributed by atoms with Crippen LogP contribution >= 0.6 is 24.4 Å². The zero-order valence-electron chi connectivity index (χ0n) is 9.63. The SMILES string of the molecule is CCCCCCSCCCCCCS. The van der Waals surface area contributed by atoms with Gasteiger partial charge in [-0.15, -0.1) is 0 Å². The molecule has 0 N–H and O–H groups in total. The van der Waals surface area contributed by atoms with Gasteiger partial charge in [0.05, 0.1) is 0 Å². The van der Waals surface area contributed by atoms with E-state index in [1.54, 1.807) is 0 Å². The Hall–Kier alpha value is 0.700. The van der Waals surface area contributed by atoms with E-state index < -0.39 is 0 Å². The fourth-order valence-corrected chi connectivity index (χ4v) is 2.65. The molecule has 0 fully saturated rings. The van der Waals surface area contributed by atoms with Crippen LogP contribution in [0.3, 0.4) is 0 Å². The van der Waals surface area contributed by atoms with Gasteiger partial charge in [-0.25, -0.2) is 0 Å². The predicted molar refractivity (Wildman–Crippen MR) is 73.8 cm³/mol. The number of rotatable bonds is 11. The first kappa shape index (κ1) is 14.7. The van der Waals surface area contributed by atoms with Gasteiger partial charge in [0, 0.05) is 0 Å². The van der Waals surface area contributed by atoms with Crippen LogP contribution in [0, 0.1) is 0 Å². The molecule has 0 aromatic carbocycles. The molecule has 2 heteroatoms. The minimum absolute atomic E-state index is 1.06. The van der Waals surface area contributed by atoms with Gasteiger partial charge in [-0.05, 0) is 36.5 Å². The Morgan fingerprint density at radius 1 is 0.786 bits per heavy atom. The van der Waals surface area contributed by atoms with Gasteiger partial charge in [0.25, 0.3) is 0 Å². The van der Waals surface area contributed by atoms with Crippen LogP contribution in [0.4, 0.5) is 0 Å². The molecule has 0 saturated carbocycles. The molecule has 0 aromatic heterocycles. The minimum atomic E-state index is 1.06. The van der Waals surface area contributed by atoms with Gasteiger partial charge in [0.15, 0.2) is 0 Å². The maximum Gasteiger partial charge on any atom is -0.00675 e. The van der Waals surface area contributed by atoms with E-state index in [2.05, 4.69) is 31.3 Å². The quantitative estimate of drug-likeness (QED) is 0.396. The Kier molecular flexibility index (Phi) is 14.4. The summed E-state index contributed by atoms with van der Waals surface area (Å²) in [5.74, 6) is 3.81. The summed E-state index contributed by atoms with van der Waals surface area (Å²) >= 11 is 6.35. The van der Waals surface area contributed by atoms with Crippen molar-refractivity contribution < 1.29 is 0 Å². The summed E-state index contributed by atoms with van der Waals surface area (Å²) in [4.78, 5) is 0. The van der Waals surface area contributed by atoms with E-state index in [1.807, 2.05) is 0 Å². The third-order valence-electron chi connectivity index (χ3n) is 2.34. The standard InChI is InChI=1S/C12H26S2/c1-2-3-4-8-11-14-12-9-6-5-7-10-13/h13H,2-12H2,1H3. The van der Waals surface area contributed by atoms with Crippen molar-refractivity contribution in [3.05, 3.63) is 0 Å². The van der Waals surface area contributed by atoms with Crippen LogP contribution in [0.15, 0.2) is 0 Å². The van der Waals surface area contributed by atoms with Crippen LogP contribution < -0.4 is 0 Å². The summed E-state index contributed by atoms with van der Waals surface area (Å²) in [7, 11) is 0. The highest BCUT2D eigenvalue weighted by Gasteiger charge is 1.91. The van der Waals surface area contributed by atoms with Crippen LogP contribution in [0.25, 0.3) is 0 Å². The maximum absolute atomic E-state index is 4.21. The second kappa shape index (κ2) is 13.7. The first-order valence-electron chi connectivity index (χ1n) is 6.10. The second-order valence-electron chi connectivity index (χ2n) is 3.81. The number of hydrogen-bond acceptors (Lipinski definition) is 2. The number of hydrogen-bond donors (Lipinski definition) is 1. The number of thiol groups is 1. The topological polar surface area (TPSA) is 0 Å². The van der Waals surface area contributed by atoms with E-state index in [-0.39, 0.29) is 0 Å². The average molecular weight is 234 g/mol. The van der Waals surface area contributed by atoms with E-state index in [1.165, 1.54) is 62.9 Å². The largest absolute Gasteiger partial charge is 0.179 e. The number of unbranched alkanes of at least 4 members (excludes halogenated alkanes) is 6. The van der Waals surface area contributed by atoms with Crippen molar-refractivity contribution in [1.82, 2.24) is 0 Å². The summed E-state index contributed by atoms with van der Waals surface area (Å²) in [6, 6.07) is 0. The Morgan fingerprint density at radius 3 is 1.93 bits per heavy atom. The zero-order valence-corrected chi connectivity index (χ0v) is 11.3. The molecule has 0 aliphatic rings. The average Bonchev–Trinajstić information content (AvgIpc) is 2.21. The number of thioether (sulfide) groups is 1. The highest BCUT2D eigenvalue weighted by Crippen LogP contribution is 2.11. The molecular formula is C12H26S2. The molecule has 0 nitrogen and oxygen atoms in total.